The van der Waals surface area contributed by atoms with Crippen LogP contribution in [0.2, 0.25) is 0 Å². The van der Waals surface area contributed by atoms with E-state index >= 15 is 0 Å². The van der Waals surface area contributed by atoms with Gasteiger partial charge in [-0.15, -0.1) is 0 Å². The predicted octanol–water partition coefficient (Wildman–Crippen LogP) is 1.15. The van der Waals surface area contributed by atoms with E-state index in [1.54, 1.807) is 13.8 Å². The molecule has 1 N–H and O–H groups in total. The summed E-state index contributed by atoms with van der Waals surface area (Å²) in [6.45, 7) is 4.08. The maximum absolute atomic E-state index is 11.6. The highest BCUT2D eigenvalue weighted by atomic mass is 16.2. The highest BCUT2D eigenvalue weighted by Crippen LogP contribution is 2.29. The Bertz CT molecular complexity index is 481. The van der Waals surface area contributed by atoms with Crippen molar-refractivity contribution in [2.75, 3.05) is 6.54 Å². The average Bonchev–Trinajstić information content (AvgIpc) is 2.27. The maximum Gasteiger partial charge on any atom is 0.251 e. The maximum atomic E-state index is 11.6. The first-order valence-electron chi connectivity index (χ1n) is 5.93. The predicted molar refractivity (Wildman–Crippen MR) is 63.6 cm³/mol. The lowest BCUT2D eigenvalue weighted by molar-refractivity contribution is -0.132. The summed E-state index contributed by atoms with van der Waals surface area (Å²) in [4.78, 5) is 31.8. The fourth-order valence-electron chi connectivity index (χ4n) is 2.39. The van der Waals surface area contributed by atoms with Crippen molar-refractivity contribution in [3.8, 4) is 0 Å². The van der Waals surface area contributed by atoms with Gasteiger partial charge in [-0.05, 0) is 26.2 Å². The van der Waals surface area contributed by atoms with Crippen molar-refractivity contribution in [1.29, 1.82) is 0 Å². The van der Waals surface area contributed by atoms with Crippen LogP contribution in [0.4, 0.5) is 0 Å². The van der Waals surface area contributed by atoms with Gasteiger partial charge in [0.2, 0.25) is 5.91 Å². The molecule has 0 spiro atoms. The number of piperidine rings is 1. The van der Waals surface area contributed by atoms with E-state index in [4.69, 9.17) is 0 Å². The fourth-order valence-corrected chi connectivity index (χ4v) is 2.39. The van der Waals surface area contributed by atoms with E-state index in [-0.39, 0.29) is 17.5 Å². The van der Waals surface area contributed by atoms with Crippen molar-refractivity contribution in [1.82, 2.24) is 14.9 Å². The van der Waals surface area contributed by atoms with E-state index in [2.05, 4.69) is 9.97 Å². The number of H-pyrrole nitrogens is 1. The Kier molecular flexibility index (Phi) is 3.26. The first-order valence-corrected chi connectivity index (χ1v) is 5.93. The van der Waals surface area contributed by atoms with Gasteiger partial charge in [0.15, 0.2) is 0 Å². The smallest absolute Gasteiger partial charge is 0.251 e. The number of amides is 1. The van der Waals surface area contributed by atoms with Crippen LogP contribution >= 0.6 is 0 Å². The average molecular weight is 235 g/mol. The minimum Gasteiger partial charge on any atom is -0.334 e. The summed E-state index contributed by atoms with van der Waals surface area (Å²) in [5.74, 6) is 0.649. The molecular weight excluding hydrogens is 218 g/mol. The van der Waals surface area contributed by atoms with E-state index in [9.17, 15) is 9.59 Å². The minimum atomic E-state index is -0.151. The molecule has 17 heavy (non-hydrogen) atoms. The third-order valence-corrected chi connectivity index (χ3v) is 3.13. The molecule has 2 heterocycles. The standard InChI is InChI=1S/C12H17N3O2/c1-8-13-10(7-12(17)14-8)11-5-3-4-6-15(11)9(2)16/h7,11H,3-6H2,1-2H3,(H,13,14,17)/t11-/m1/s1. The molecule has 1 aromatic heterocycles. The van der Waals surface area contributed by atoms with Gasteiger partial charge >= 0.3 is 0 Å². The molecule has 1 saturated heterocycles. The van der Waals surface area contributed by atoms with E-state index in [1.165, 1.54) is 6.07 Å². The van der Waals surface area contributed by atoms with E-state index < -0.39 is 0 Å². The van der Waals surface area contributed by atoms with Crippen molar-refractivity contribution < 1.29 is 4.79 Å². The van der Waals surface area contributed by atoms with Crippen molar-refractivity contribution in [2.24, 2.45) is 0 Å². The van der Waals surface area contributed by atoms with Crippen LogP contribution < -0.4 is 5.56 Å². The molecule has 5 heteroatoms. The molecule has 0 unspecified atom stereocenters. The molecule has 1 aromatic rings. The molecule has 1 aliphatic rings. The highest BCUT2D eigenvalue weighted by molar-refractivity contribution is 5.73. The largest absolute Gasteiger partial charge is 0.334 e. The summed E-state index contributed by atoms with van der Waals surface area (Å²) in [6, 6.07) is 1.46. The van der Waals surface area contributed by atoms with Crippen LogP contribution in [0.3, 0.4) is 0 Å². The van der Waals surface area contributed by atoms with E-state index in [0.29, 0.717) is 11.5 Å². The van der Waals surface area contributed by atoms with Gasteiger partial charge in [0, 0.05) is 19.5 Å². The molecule has 0 saturated carbocycles. The van der Waals surface area contributed by atoms with Gasteiger partial charge in [-0.2, -0.15) is 0 Å². The van der Waals surface area contributed by atoms with Crippen LogP contribution in [0.1, 0.15) is 43.7 Å². The molecule has 92 valence electrons. The van der Waals surface area contributed by atoms with Crippen molar-refractivity contribution in [2.45, 2.75) is 39.2 Å². The second kappa shape index (κ2) is 4.69. The van der Waals surface area contributed by atoms with Gasteiger partial charge in [0.1, 0.15) is 5.82 Å². The number of aromatic amines is 1. The zero-order valence-electron chi connectivity index (χ0n) is 10.2. The van der Waals surface area contributed by atoms with Crippen LogP contribution in [0, 0.1) is 6.92 Å². The summed E-state index contributed by atoms with van der Waals surface area (Å²) in [5, 5.41) is 0. The number of rotatable bonds is 1. The van der Waals surface area contributed by atoms with Gasteiger partial charge in [0.05, 0.1) is 11.7 Å². The summed E-state index contributed by atoms with van der Waals surface area (Å²) in [6.07, 6.45) is 2.98. The third-order valence-electron chi connectivity index (χ3n) is 3.13. The number of likely N-dealkylation sites (tertiary alicyclic amines) is 1. The van der Waals surface area contributed by atoms with Gasteiger partial charge in [-0.1, -0.05) is 0 Å². The van der Waals surface area contributed by atoms with Gasteiger partial charge in [0.25, 0.3) is 5.56 Å². The van der Waals surface area contributed by atoms with Crippen LogP contribution in [0.25, 0.3) is 0 Å². The second-order valence-electron chi connectivity index (χ2n) is 4.48. The summed E-state index contributed by atoms with van der Waals surface area (Å²) in [7, 11) is 0. The van der Waals surface area contributed by atoms with Crippen LogP contribution in [0.5, 0.6) is 0 Å². The fraction of sp³-hybridized carbons (Fsp3) is 0.583. The van der Waals surface area contributed by atoms with Gasteiger partial charge in [-0.25, -0.2) is 4.98 Å². The molecule has 0 aliphatic carbocycles. The molecule has 5 nitrogen and oxygen atoms in total. The Labute approximate surface area is 99.9 Å². The van der Waals surface area contributed by atoms with Gasteiger partial charge in [-0.3, -0.25) is 9.59 Å². The number of aryl methyl sites for hydroxylation is 1. The van der Waals surface area contributed by atoms with Gasteiger partial charge < -0.3 is 9.88 Å². The minimum absolute atomic E-state index is 0.0396. The zero-order valence-corrected chi connectivity index (χ0v) is 10.2. The monoisotopic (exact) mass is 235 g/mol. The zero-order chi connectivity index (χ0) is 12.4. The van der Waals surface area contributed by atoms with Crippen molar-refractivity contribution >= 4 is 5.91 Å². The lowest BCUT2D eigenvalue weighted by atomic mass is 9.99. The number of hydrogen-bond donors (Lipinski definition) is 1. The Morgan fingerprint density at radius 3 is 2.94 bits per heavy atom. The van der Waals surface area contributed by atoms with E-state index in [0.717, 1.165) is 25.8 Å². The van der Waals surface area contributed by atoms with Crippen LogP contribution in [0.15, 0.2) is 10.9 Å². The number of nitrogens with zero attached hydrogens (tertiary/aromatic N) is 2. The Morgan fingerprint density at radius 1 is 1.53 bits per heavy atom. The van der Waals surface area contributed by atoms with E-state index in [1.807, 2.05) is 4.90 Å². The number of carbonyl (C=O) groups is 1. The number of aromatic nitrogens is 2. The number of hydrogen-bond acceptors (Lipinski definition) is 3. The second-order valence-corrected chi connectivity index (χ2v) is 4.48. The molecule has 1 aliphatic heterocycles. The summed E-state index contributed by atoms with van der Waals surface area (Å²) < 4.78 is 0. The molecule has 2 rings (SSSR count). The Morgan fingerprint density at radius 2 is 2.29 bits per heavy atom. The Hall–Kier alpha value is -1.65. The number of carbonyl (C=O) groups excluding carboxylic acids is 1. The molecular formula is C12H17N3O2. The normalized spacial score (nSPS) is 20.4. The lowest BCUT2D eigenvalue weighted by Crippen LogP contribution is -2.38. The topological polar surface area (TPSA) is 66.1 Å². The van der Waals surface area contributed by atoms with Crippen molar-refractivity contribution in [3.63, 3.8) is 0 Å². The molecule has 0 radical (unpaired) electrons. The van der Waals surface area contributed by atoms with Crippen molar-refractivity contribution in [3.05, 3.63) is 27.9 Å². The third kappa shape index (κ3) is 2.54. The lowest BCUT2D eigenvalue weighted by Gasteiger charge is -2.34. The summed E-state index contributed by atoms with van der Waals surface area (Å²) >= 11 is 0. The first kappa shape index (κ1) is 11.8. The molecule has 1 atom stereocenters. The summed E-state index contributed by atoms with van der Waals surface area (Å²) in [5.41, 5.74) is 0.558. The first-order chi connectivity index (χ1) is 8.08. The molecule has 0 aromatic carbocycles. The highest BCUT2D eigenvalue weighted by Gasteiger charge is 2.27. The van der Waals surface area contributed by atoms with Crippen LogP contribution in [-0.4, -0.2) is 27.3 Å². The molecule has 1 amide bonds. The van der Waals surface area contributed by atoms with Crippen LogP contribution in [-0.2, 0) is 4.79 Å². The number of nitrogens with one attached hydrogen (secondary N) is 1. The Balaban J connectivity index is 2.35. The molecule has 0 bridgehead atoms. The SMILES string of the molecule is CC(=O)N1CCCC[C@@H]1c1cc(=O)[nH]c(C)n1. The molecule has 1 fully saturated rings. The quantitative estimate of drug-likeness (QED) is 0.794.